The first kappa shape index (κ1) is 19.8. The molecule has 24 heavy (non-hydrogen) atoms. The second kappa shape index (κ2) is 11.4. The largest absolute Gasteiger partial charge is 0.375 e. The number of rotatable bonds is 9. The third kappa shape index (κ3) is 7.88. The fraction of sp³-hybridized carbons (Fsp3) is 0.471. The highest BCUT2D eigenvalue weighted by molar-refractivity contribution is 7.99. The molecule has 1 rings (SSSR count). The predicted octanol–water partition coefficient (Wildman–Crippen LogP) is 2.98. The van der Waals surface area contributed by atoms with Gasteiger partial charge in [-0.1, -0.05) is 25.5 Å². The van der Waals surface area contributed by atoms with E-state index in [1.54, 1.807) is 11.8 Å². The number of para-hydroxylation sites is 1. The van der Waals surface area contributed by atoms with Gasteiger partial charge in [-0.25, -0.2) is 4.79 Å². The maximum atomic E-state index is 11.8. The average Bonchev–Trinajstić information content (AvgIpc) is 2.58. The summed E-state index contributed by atoms with van der Waals surface area (Å²) in [5.41, 5.74) is 0.814. The second-order valence-corrected chi connectivity index (χ2v) is 6.41. The normalized spacial score (nSPS) is 11.2. The van der Waals surface area contributed by atoms with E-state index in [0.717, 1.165) is 23.4 Å². The third-order valence-corrected chi connectivity index (χ3v) is 4.44. The molecule has 0 aliphatic rings. The Balaban J connectivity index is 2.45. The molecule has 0 fully saturated rings. The lowest BCUT2D eigenvalue weighted by molar-refractivity contribution is -0.118. The predicted molar refractivity (Wildman–Crippen MR) is 96.9 cm³/mol. The van der Waals surface area contributed by atoms with Crippen molar-refractivity contribution in [2.24, 2.45) is 5.92 Å². The van der Waals surface area contributed by atoms with Crippen LogP contribution in [0.4, 0.5) is 10.5 Å². The van der Waals surface area contributed by atoms with Crippen molar-refractivity contribution < 1.29 is 9.59 Å². The number of benzene rings is 1. The second-order valence-electron chi connectivity index (χ2n) is 5.35. The minimum Gasteiger partial charge on any atom is -0.375 e. The zero-order valence-corrected chi connectivity index (χ0v) is 14.9. The lowest BCUT2D eigenvalue weighted by atomic mass is 10.3. The molecule has 0 aromatic heterocycles. The fourth-order valence-corrected chi connectivity index (χ4v) is 2.73. The smallest absolute Gasteiger partial charge is 0.321 e. The van der Waals surface area contributed by atoms with Crippen LogP contribution in [0.25, 0.3) is 0 Å². The molecule has 7 heteroatoms. The molecule has 1 aromatic carbocycles. The number of unbranched alkanes of at least 4 members (excludes halogenated alkanes) is 1. The number of hydrogen-bond acceptors (Lipinski definition) is 5. The van der Waals surface area contributed by atoms with Crippen LogP contribution in [0.3, 0.4) is 0 Å². The number of nitriles is 1. The Morgan fingerprint density at radius 1 is 1.33 bits per heavy atom. The molecule has 1 atom stereocenters. The lowest BCUT2D eigenvalue weighted by Gasteiger charge is -2.12. The Hall–Kier alpha value is -2.20. The van der Waals surface area contributed by atoms with E-state index in [9.17, 15) is 9.59 Å². The van der Waals surface area contributed by atoms with Crippen molar-refractivity contribution in [2.45, 2.75) is 31.6 Å². The van der Waals surface area contributed by atoms with Gasteiger partial charge in [0.1, 0.15) is 0 Å². The average molecular weight is 348 g/mol. The van der Waals surface area contributed by atoms with Crippen molar-refractivity contribution in [3.8, 4) is 6.07 Å². The van der Waals surface area contributed by atoms with Crippen LogP contribution >= 0.6 is 11.8 Å². The number of imide groups is 1. The van der Waals surface area contributed by atoms with Gasteiger partial charge in [-0.05, 0) is 25.5 Å². The fourth-order valence-electron chi connectivity index (χ4n) is 1.76. The molecular weight excluding hydrogens is 324 g/mol. The first-order chi connectivity index (χ1) is 11.6. The molecule has 130 valence electrons. The van der Waals surface area contributed by atoms with Crippen LogP contribution < -0.4 is 16.0 Å². The number of hydrogen-bond donors (Lipinski definition) is 3. The van der Waals surface area contributed by atoms with Gasteiger partial charge in [-0.3, -0.25) is 10.1 Å². The van der Waals surface area contributed by atoms with E-state index in [-0.39, 0.29) is 12.5 Å². The number of thioether (sulfide) groups is 1. The molecule has 0 aliphatic carbocycles. The highest BCUT2D eigenvalue weighted by Crippen LogP contribution is 2.28. The summed E-state index contributed by atoms with van der Waals surface area (Å²) < 4.78 is 0. The van der Waals surface area contributed by atoms with E-state index in [1.165, 1.54) is 0 Å². The number of carbonyl (C=O) groups excluding carboxylic acids is 2. The first-order valence-electron chi connectivity index (χ1n) is 7.99. The zero-order chi connectivity index (χ0) is 17.8. The third-order valence-electron chi connectivity index (χ3n) is 3.10. The highest BCUT2D eigenvalue weighted by Gasteiger charge is 2.09. The summed E-state index contributed by atoms with van der Waals surface area (Å²) in [7, 11) is 0. The molecule has 6 nitrogen and oxygen atoms in total. The van der Waals surface area contributed by atoms with E-state index < -0.39 is 11.9 Å². The maximum Gasteiger partial charge on any atom is 0.321 e. The van der Waals surface area contributed by atoms with E-state index >= 15 is 0 Å². The topological polar surface area (TPSA) is 94.0 Å². The SMILES string of the molecule is CCCCNC(=O)NC(=O)CNc1ccccc1SC[C@@H](C)C#N. The number of nitrogens with one attached hydrogen (secondary N) is 3. The monoisotopic (exact) mass is 348 g/mol. The van der Waals surface area contributed by atoms with Gasteiger partial charge < -0.3 is 10.6 Å². The van der Waals surface area contributed by atoms with Gasteiger partial charge in [-0.15, -0.1) is 11.8 Å². The van der Waals surface area contributed by atoms with E-state index in [0.29, 0.717) is 12.3 Å². The van der Waals surface area contributed by atoms with Crippen LogP contribution in [0.15, 0.2) is 29.2 Å². The standard InChI is InChI=1S/C17H24N4O2S/c1-3-4-9-19-17(23)21-16(22)11-20-14-7-5-6-8-15(14)24-12-13(2)10-18/h5-8,13,20H,3-4,9,11-12H2,1-2H3,(H2,19,21,22,23)/t13-/m0/s1. The highest BCUT2D eigenvalue weighted by atomic mass is 32.2. The summed E-state index contributed by atoms with van der Waals surface area (Å²) in [4.78, 5) is 24.3. The minimum atomic E-state index is -0.472. The Bertz CT molecular complexity index is 586. The lowest BCUT2D eigenvalue weighted by Crippen LogP contribution is -2.42. The summed E-state index contributed by atoms with van der Waals surface area (Å²) in [6.07, 6.45) is 1.86. The van der Waals surface area contributed by atoms with Crippen molar-refractivity contribution in [3.05, 3.63) is 24.3 Å². The van der Waals surface area contributed by atoms with Gasteiger partial charge >= 0.3 is 6.03 Å². The molecule has 0 radical (unpaired) electrons. The molecule has 3 N–H and O–H groups in total. The van der Waals surface area contributed by atoms with Crippen LogP contribution in [-0.2, 0) is 4.79 Å². The summed E-state index contributed by atoms with van der Waals surface area (Å²) in [6, 6.07) is 9.31. The molecule has 3 amide bonds. The van der Waals surface area contributed by atoms with Crippen LogP contribution in [0.5, 0.6) is 0 Å². The number of anilines is 1. The van der Waals surface area contributed by atoms with Crippen LogP contribution in [-0.4, -0.2) is 30.8 Å². The molecule has 0 spiro atoms. The Morgan fingerprint density at radius 2 is 2.08 bits per heavy atom. The van der Waals surface area contributed by atoms with Gasteiger partial charge in [0.15, 0.2) is 0 Å². The molecule has 0 bridgehead atoms. The number of carbonyl (C=O) groups is 2. The van der Waals surface area contributed by atoms with Crippen molar-refractivity contribution in [1.29, 1.82) is 5.26 Å². The number of amides is 3. The van der Waals surface area contributed by atoms with Crippen molar-refractivity contribution in [1.82, 2.24) is 10.6 Å². The Labute approximate surface area is 147 Å². The van der Waals surface area contributed by atoms with Gasteiger partial charge in [0.25, 0.3) is 0 Å². The van der Waals surface area contributed by atoms with Crippen molar-refractivity contribution in [3.63, 3.8) is 0 Å². The maximum absolute atomic E-state index is 11.8. The summed E-state index contributed by atoms with van der Waals surface area (Å²) in [5.74, 6) is 0.244. The van der Waals surface area contributed by atoms with E-state index in [1.807, 2.05) is 38.1 Å². The van der Waals surface area contributed by atoms with Gasteiger partial charge in [0.2, 0.25) is 5.91 Å². The van der Waals surface area contributed by atoms with Gasteiger partial charge in [-0.2, -0.15) is 5.26 Å². The molecule has 0 saturated heterocycles. The van der Waals surface area contributed by atoms with Gasteiger partial charge in [0, 0.05) is 22.9 Å². The molecule has 0 unspecified atom stereocenters. The Morgan fingerprint density at radius 3 is 2.79 bits per heavy atom. The molecule has 0 heterocycles. The molecule has 0 aliphatic heterocycles. The van der Waals surface area contributed by atoms with Crippen molar-refractivity contribution >= 4 is 29.4 Å². The summed E-state index contributed by atoms with van der Waals surface area (Å²) in [5, 5.41) is 16.8. The number of nitrogens with zero attached hydrogens (tertiary/aromatic N) is 1. The van der Waals surface area contributed by atoms with E-state index in [2.05, 4.69) is 22.0 Å². The van der Waals surface area contributed by atoms with E-state index in [4.69, 9.17) is 5.26 Å². The van der Waals surface area contributed by atoms with Gasteiger partial charge in [0.05, 0.1) is 18.5 Å². The summed E-state index contributed by atoms with van der Waals surface area (Å²) >= 11 is 1.56. The summed E-state index contributed by atoms with van der Waals surface area (Å²) in [6.45, 7) is 4.46. The van der Waals surface area contributed by atoms with Crippen LogP contribution in [0.2, 0.25) is 0 Å². The molecule has 1 aromatic rings. The quantitative estimate of drug-likeness (QED) is 0.471. The van der Waals surface area contributed by atoms with Crippen LogP contribution in [0.1, 0.15) is 26.7 Å². The Kier molecular flexibility index (Phi) is 9.39. The molecule has 0 saturated carbocycles. The zero-order valence-electron chi connectivity index (χ0n) is 14.1. The van der Waals surface area contributed by atoms with Crippen LogP contribution in [0, 0.1) is 17.2 Å². The molecular formula is C17H24N4O2S. The van der Waals surface area contributed by atoms with Crippen molar-refractivity contribution in [2.75, 3.05) is 24.2 Å². The minimum absolute atomic E-state index is 0.00652. The first-order valence-corrected chi connectivity index (χ1v) is 8.98. The number of urea groups is 1.